The van der Waals surface area contributed by atoms with Crippen molar-refractivity contribution >= 4 is 27.3 Å². The Bertz CT molecular complexity index is 517. The first-order valence-corrected chi connectivity index (χ1v) is 8.53. The molecule has 1 aromatic rings. The Hall–Kier alpha value is -1.10. The molecule has 0 saturated carbocycles. The maximum Gasteiger partial charge on any atom is 0.292 e. The lowest BCUT2D eigenvalue weighted by Gasteiger charge is -2.39. The van der Waals surface area contributed by atoms with Crippen molar-refractivity contribution in [1.82, 2.24) is 0 Å². The summed E-state index contributed by atoms with van der Waals surface area (Å²) in [6.07, 6.45) is 2.20. The minimum absolute atomic E-state index is 0.223. The number of anilines is 1. The Kier molecular flexibility index (Phi) is 4.91. The smallest absolute Gasteiger partial charge is 0.292 e. The van der Waals surface area contributed by atoms with Crippen molar-refractivity contribution in [3.8, 4) is 0 Å². The summed E-state index contributed by atoms with van der Waals surface area (Å²) in [6.45, 7) is 8.63. The number of nitrogens with zero attached hydrogens (tertiary/aromatic N) is 2. The van der Waals surface area contributed by atoms with Gasteiger partial charge in [0.2, 0.25) is 0 Å². The molecule has 0 aliphatic carbocycles. The molecule has 1 saturated heterocycles. The van der Waals surface area contributed by atoms with Crippen molar-refractivity contribution in [3.05, 3.63) is 33.9 Å². The third kappa shape index (κ3) is 3.76. The number of halogens is 1. The normalized spacial score (nSPS) is 17.0. The lowest BCUT2D eigenvalue weighted by atomic mass is 9.75. The molecule has 0 unspecified atom stereocenters. The molecule has 2 rings (SSSR count). The largest absolute Gasteiger partial charge is 0.366 e. The fourth-order valence-corrected chi connectivity index (χ4v) is 3.40. The van der Waals surface area contributed by atoms with Crippen molar-refractivity contribution in [3.63, 3.8) is 0 Å². The van der Waals surface area contributed by atoms with Crippen LogP contribution in [0.1, 0.15) is 39.2 Å². The van der Waals surface area contributed by atoms with Gasteiger partial charge in [0.1, 0.15) is 5.69 Å². The van der Waals surface area contributed by atoms with Crippen LogP contribution in [-0.4, -0.2) is 18.0 Å². The molecule has 0 bridgehead atoms. The summed E-state index contributed by atoms with van der Waals surface area (Å²) in [5, 5.41) is 12.0. The van der Waals surface area contributed by atoms with Gasteiger partial charge in [-0.2, -0.15) is 0 Å². The van der Waals surface area contributed by atoms with Crippen LogP contribution >= 0.6 is 15.9 Å². The van der Waals surface area contributed by atoms with E-state index in [1.165, 1.54) is 0 Å². The predicted molar refractivity (Wildman–Crippen MR) is 90.1 cm³/mol. The number of benzene rings is 1. The summed E-state index contributed by atoms with van der Waals surface area (Å²) in [4.78, 5) is 13.2. The van der Waals surface area contributed by atoms with Gasteiger partial charge in [-0.05, 0) is 35.8 Å². The summed E-state index contributed by atoms with van der Waals surface area (Å²) in [7, 11) is 0. The lowest BCUT2D eigenvalue weighted by molar-refractivity contribution is -0.384. The standard InChI is InChI=1S/C16H23BrN2O2/c1-16(2,3)13-6-8-18(9-7-13)14-5-4-12(11-17)10-15(14)19(20)21/h4-5,10,13H,6-9,11H2,1-3H3. The van der Waals surface area contributed by atoms with Gasteiger partial charge in [-0.1, -0.05) is 42.8 Å². The maximum atomic E-state index is 11.3. The number of hydrogen-bond acceptors (Lipinski definition) is 3. The second-order valence-electron chi connectivity index (χ2n) is 6.84. The molecule has 116 valence electrons. The SMILES string of the molecule is CC(C)(C)C1CCN(c2ccc(CBr)cc2[N+](=O)[O-])CC1. The average molecular weight is 355 g/mol. The molecule has 0 N–H and O–H groups in total. The van der Waals surface area contributed by atoms with Crippen LogP contribution in [-0.2, 0) is 5.33 Å². The Morgan fingerprint density at radius 1 is 1.33 bits per heavy atom. The first-order valence-electron chi connectivity index (χ1n) is 7.41. The van der Waals surface area contributed by atoms with Crippen molar-refractivity contribution < 1.29 is 4.92 Å². The summed E-state index contributed by atoms with van der Waals surface area (Å²) in [5.74, 6) is 0.689. The highest BCUT2D eigenvalue weighted by molar-refractivity contribution is 9.08. The third-order valence-electron chi connectivity index (χ3n) is 4.45. The van der Waals surface area contributed by atoms with Gasteiger partial charge in [-0.25, -0.2) is 0 Å². The average Bonchev–Trinajstić information content (AvgIpc) is 2.45. The van der Waals surface area contributed by atoms with Crippen LogP contribution in [0.25, 0.3) is 0 Å². The number of hydrogen-bond donors (Lipinski definition) is 0. The fraction of sp³-hybridized carbons (Fsp3) is 0.625. The summed E-state index contributed by atoms with van der Waals surface area (Å²) in [6, 6.07) is 5.54. The zero-order chi connectivity index (χ0) is 15.6. The van der Waals surface area contributed by atoms with Crippen molar-refractivity contribution in [2.24, 2.45) is 11.3 Å². The Labute approximate surface area is 134 Å². The van der Waals surface area contributed by atoms with Gasteiger partial charge < -0.3 is 4.90 Å². The van der Waals surface area contributed by atoms with E-state index in [2.05, 4.69) is 41.6 Å². The van der Waals surface area contributed by atoms with E-state index in [-0.39, 0.29) is 10.6 Å². The van der Waals surface area contributed by atoms with Crippen LogP contribution in [0.3, 0.4) is 0 Å². The number of piperidine rings is 1. The Balaban J connectivity index is 2.18. The molecule has 1 heterocycles. The molecule has 0 atom stereocenters. The van der Waals surface area contributed by atoms with E-state index < -0.39 is 0 Å². The highest BCUT2D eigenvalue weighted by atomic mass is 79.9. The van der Waals surface area contributed by atoms with E-state index in [1.54, 1.807) is 6.07 Å². The first-order chi connectivity index (χ1) is 9.82. The van der Waals surface area contributed by atoms with Gasteiger partial charge in [-0.15, -0.1) is 0 Å². The molecule has 0 spiro atoms. The van der Waals surface area contributed by atoms with E-state index in [0.29, 0.717) is 16.7 Å². The lowest BCUT2D eigenvalue weighted by Crippen LogP contribution is -2.38. The molecule has 1 aromatic carbocycles. The van der Waals surface area contributed by atoms with Crippen LogP contribution in [0.4, 0.5) is 11.4 Å². The van der Waals surface area contributed by atoms with E-state index >= 15 is 0 Å². The van der Waals surface area contributed by atoms with Crippen LogP contribution in [0.5, 0.6) is 0 Å². The van der Waals surface area contributed by atoms with Crippen molar-refractivity contribution in [2.45, 2.75) is 38.9 Å². The summed E-state index contributed by atoms with van der Waals surface area (Å²) in [5.41, 5.74) is 2.24. The van der Waals surface area contributed by atoms with Crippen molar-refractivity contribution in [2.75, 3.05) is 18.0 Å². The topological polar surface area (TPSA) is 46.4 Å². The quantitative estimate of drug-likeness (QED) is 0.446. The zero-order valence-electron chi connectivity index (χ0n) is 12.9. The minimum Gasteiger partial charge on any atom is -0.366 e. The highest BCUT2D eigenvalue weighted by Gasteiger charge is 2.30. The van der Waals surface area contributed by atoms with Crippen LogP contribution < -0.4 is 4.90 Å². The number of rotatable bonds is 3. The first kappa shape index (κ1) is 16.3. The molecule has 5 heteroatoms. The maximum absolute atomic E-state index is 11.3. The van der Waals surface area contributed by atoms with Gasteiger partial charge in [0.15, 0.2) is 0 Å². The molecule has 21 heavy (non-hydrogen) atoms. The Morgan fingerprint density at radius 3 is 2.43 bits per heavy atom. The van der Waals surface area contributed by atoms with Gasteiger partial charge in [-0.3, -0.25) is 10.1 Å². The van der Waals surface area contributed by atoms with Gasteiger partial charge in [0, 0.05) is 24.5 Å². The molecular weight excluding hydrogens is 332 g/mol. The van der Waals surface area contributed by atoms with Gasteiger partial charge in [0.05, 0.1) is 4.92 Å². The van der Waals surface area contributed by atoms with Gasteiger partial charge >= 0.3 is 0 Å². The second kappa shape index (κ2) is 6.34. The number of nitro benzene ring substituents is 1. The molecule has 0 radical (unpaired) electrons. The number of alkyl halides is 1. The summed E-state index contributed by atoms with van der Waals surface area (Å²) >= 11 is 3.35. The minimum atomic E-state index is -0.267. The van der Waals surface area contributed by atoms with E-state index in [4.69, 9.17) is 0 Å². The van der Waals surface area contributed by atoms with Gasteiger partial charge in [0.25, 0.3) is 5.69 Å². The van der Waals surface area contributed by atoms with E-state index in [1.807, 2.05) is 12.1 Å². The van der Waals surface area contributed by atoms with Crippen LogP contribution in [0, 0.1) is 21.4 Å². The predicted octanol–water partition coefficient (Wildman–Crippen LogP) is 4.75. The second-order valence-corrected chi connectivity index (χ2v) is 7.40. The molecule has 1 aliphatic heterocycles. The monoisotopic (exact) mass is 354 g/mol. The van der Waals surface area contributed by atoms with Crippen LogP contribution in [0.2, 0.25) is 0 Å². The van der Waals surface area contributed by atoms with Crippen molar-refractivity contribution in [1.29, 1.82) is 0 Å². The molecule has 1 fully saturated rings. The molecular formula is C16H23BrN2O2. The zero-order valence-corrected chi connectivity index (χ0v) is 14.5. The molecule has 1 aliphatic rings. The highest BCUT2D eigenvalue weighted by Crippen LogP contribution is 2.38. The molecule has 4 nitrogen and oxygen atoms in total. The third-order valence-corrected chi connectivity index (χ3v) is 5.10. The van der Waals surface area contributed by atoms with Crippen LogP contribution in [0.15, 0.2) is 18.2 Å². The number of nitro groups is 1. The molecule has 0 aromatic heterocycles. The van der Waals surface area contributed by atoms with E-state index in [9.17, 15) is 10.1 Å². The summed E-state index contributed by atoms with van der Waals surface area (Å²) < 4.78 is 0. The van der Waals surface area contributed by atoms with E-state index in [0.717, 1.165) is 37.2 Å². The Morgan fingerprint density at radius 2 is 1.95 bits per heavy atom. The fourth-order valence-electron chi connectivity index (χ4n) is 3.05. The molecule has 0 amide bonds.